The summed E-state index contributed by atoms with van der Waals surface area (Å²) < 4.78 is 38.2. The van der Waals surface area contributed by atoms with Gasteiger partial charge in [-0.05, 0) is 26.3 Å². The summed E-state index contributed by atoms with van der Waals surface area (Å²) in [6, 6.07) is 10.2. The molecule has 2 saturated heterocycles. The third-order valence-electron chi connectivity index (χ3n) is 5.88. The number of halogens is 1. The van der Waals surface area contributed by atoms with Crippen LogP contribution in [-0.2, 0) is 25.5 Å². The monoisotopic (exact) mass is 367 g/mol. The Bertz CT molecular complexity index is 601. The summed E-state index contributed by atoms with van der Waals surface area (Å²) in [5, 5.41) is 0. The van der Waals surface area contributed by atoms with Crippen molar-refractivity contribution in [3.63, 3.8) is 0 Å². The van der Waals surface area contributed by atoms with E-state index in [0.29, 0.717) is 13.1 Å². The predicted molar refractivity (Wildman–Crippen MR) is 96.4 cm³/mol. The zero-order valence-electron chi connectivity index (χ0n) is 16.3. The number of hydrogen-bond acceptors (Lipinski definition) is 5. The maximum atomic E-state index is 14.5. The van der Waals surface area contributed by atoms with Gasteiger partial charge in [-0.15, -0.1) is 0 Å². The molecule has 0 aliphatic carbocycles. The fourth-order valence-corrected chi connectivity index (χ4v) is 3.99. The molecule has 26 heavy (non-hydrogen) atoms. The largest absolute Gasteiger partial charge is 0.349 e. The summed E-state index contributed by atoms with van der Waals surface area (Å²) in [7, 11) is 3.13. The smallest absolute Gasteiger partial charge is 0.220 e. The second-order valence-electron chi connectivity index (χ2n) is 7.56. The van der Waals surface area contributed by atoms with Gasteiger partial charge in [-0.3, -0.25) is 4.90 Å². The first-order valence-corrected chi connectivity index (χ1v) is 9.18. The van der Waals surface area contributed by atoms with Gasteiger partial charge in [0, 0.05) is 39.8 Å². The normalized spacial score (nSPS) is 39.4. The fraction of sp³-hybridized carbons (Fsp3) is 0.700. The lowest BCUT2D eigenvalue weighted by atomic mass is 9.86. The molecule has 1 aromatic carbocycles. The molecule has 0 spiro atoms. The van der Waals surface area contributed by atoms with Crippen molar-refractivity contribution in [1.82, 2.24) is 4.90 Å². The van der Waals surface area contributed by atoms with Crippen LogP contribution in [0.1, 0.15) is 26.3 Å². The second kappa shape index (κ2) is 7.52. The van der Waals surface area contributed by atoms with Gasteiger partial charge in [-0.25, -0.2) is 4.39 Å². The van der Waals surface area contributed by atoms with Crippen LogP contribution in [0.3, 0.4) is 0 Å². The van der Waals surface area contributed by atoms with Crippen LogP contribution in [0.25, 0.3) is 0 Å². The van der Waals surface area contributed by atoms with Crippen molar-refractivity contribution in [2.24, 2.45) is 5.92 Å². The SMILES string of the molecule is CO[C@@]1(C)O[C@@H]2[C@H]([C@H](C)F)CN(Cc3ccccc3)C[C@H]2O[C@]1(C)OC. The lowest BCUT2D eigenvalue weighted by Gasteiger charge is -2.56. The lowest BCUT2D eigenvalue weighted by molar-refractivity contribution is -0.458. The molecule has 6 atom stereocenters. The summed E-state index contributed by atoms with van der Waals surface area (Å²) >= 11 is 0. The molecule has 146 valence electrons. The number of rotatable bonds is 5. The topological polar surface area (TPSA) is 40.2 Å². The minimum absolute atomic E-state index is 0.288. The van der Waals surface area contributed by atoms with E-state index in [2.05, 4.69) is 17.0 Å². The number of fused-ring (bicyclic) bond motifs is 1. The Kier molecular flexibility index (Phi) is 5.70. The first-order valence-electron chi connectivity index (χ1n) is 9.18. The molecule has 0 amide bonds. The first-order chi connectivity index (χ1) is 12.3. The van der Waals surface area contributed by atoms with Gasteiger partial charge in [0.15, 0.2) is 0 Å². The number of hydrogen-bond donors (Lipinski definition) is 0. The highest BCUT2D eigenvalue weighted by atomic mass is 19.1. The molecule has 3 rings (SSSR count). The van der Waals surface area contributed by atoms with Gasteiger partial charge in [0.2, 0.25) is 11.6 Å². The van der Waals surface area contributed by atoms with Crippen LogP contribution in [0.4, 0.5) is 4.39 Å². The highest BCUT2D eigenvalue weighted by molar-refractivity contribution is 5.15. The molecule has 0 saturated carbocycles. The van der Waals surface area contributed by atoms with Crippen LogP contribution in [-0.4, -0.2) is 62.2 Å². The van der Waals surface area contributed by atoms with E-state index in [4.69, 9.17) is 18.9 Å². The van der Waals surface area contributed by atoms with E-state index in [1.54, 1.807) is 35.0 Å². The Morgan fingerprint density at radius 2 is 1.73 bits per heavy atom. The lowest BCUT2D eigenvalue weighted by Crippen LogP contribution is -2.70. The van der Waals surface area contributed by atoms with Gasteiger partial charge >= 0.3 is 0 Å². The molecule has 2 aliphatic heterocycles. The van der Waals surface area contributed by atoms with E-state index in [9.17, 15) is 4.39 Å². The van der Waals surface area contributed by atoms with E-state index in [-0.39, 0.29) is 18.1 Å². The summed E-state index contributed by atoms with van der Waals surface area (Å²) in [4.78, 5) is 2.23. The first kappa shape index (κ1) is 19.7. The van der Waals surface area contributed by atoms with Crippen molar-refractivity contribution >= 4 is 0 Å². The van der Waals surface area contributed by atoms with Crippen molar-refractivity contribution in [3.05, 3.63) is 35.9 Å². The van der Waals surface area contributed by atoms with Crippen LogP contribution in [0, 0.1) is 5.92 Å². The quantitative estimate of drug-likeness (QED) is 0.800. The maximum absolute atomic E-state index is 14.5. The minimum Gasteiger partial charge on any atom is -0.349 e. The molecule has 2 heterocycles. The molecule has 6 heteroatoms. The number of benzene rings is 1. The van der Waals surface area contributed by atoms with Crippen molar-refractivity contribution in [2.75, 3.05) is 27.3 Å². The van der Waals surface area contributed by atoms with Gasteiger partial charge in [-0.1, -0.05) is 30.3 Å². The summed E-state index contributed by atoms with van der Waals surface area (Å²) in [6.07, 6.45) is -1.68. The summed E-state index contributed by atoms with van der Waals surface area (Å²) in [6.45, 7) is 7.19. The Morgan fingerprint density at radius 1 is 1.12 bits per heavy atom. The second-order valence-corrected chi connectivity index (χ2v) is 7.56. The van der Waals surface area contributed by atoms with E-state index in [0.717, 1.165) is 6.54 Å². The van der Waals surface area contributed by atoms with Gasteiger partial charge in [0.25, 0.3) is 0 Å². The van der Waals surface area contributed by atoms with E-state index in [1.807, 2.05) is 18.2 Å². The Balaban J connectivity index is 1.83. The predicted octanol–water partition coefficient (Wildman–Crippen LogP) is 2.99. The van der Waals surface area contributed by atoms with Crippen molar-refractivity contribution < 1.29 is 23.3 Å². The molecule has 0 bridgehead atoms. The van der Waals surface area contributed by atoms with E-state index >= 15 is 0 Å². The van der Waals surface area contributed by atoms with Crippen LogP contribution >= 0.6 is 0 Å². The van der Waals surface area contributed by atoms with Crippen molar-refractivity contribution in [1.29, 1.82) is 0 Å². The number of alkyl halides is 1. The molecule has 1 aromatic rings. The molecular weight excluding hydrogens is 337 g/mol. The zero-order chi connectivity index (χ0) is 18.9. The highest BCUT2D eigenvalue weighted by Gasteiger charge is 2.59. The Hall–Kier alpha value is -1.05. The van der Waals surface area contributed by atoms with Gasteiger partial charge in [0.05, 0.1) is 6.10 Å². The minimum atomic E-state index is -1.10. The van der Waals surface area contributed by atoms with Crippen molar-refractivity contribution in [3.8, 4) is 0 Å². The molecule has 0 N–H and O–H groups in total. The molecule has 0 unspecified atom stereocenters. The van der Waals surface area contributed by atoms with Crippen molar-refractivity contribution in [2.45, 2.75) is 57.3 Å². The van der Waals surface area contributed by atoms with Gasteiger partial charge in [-0.2, -0.15) is 0 Å². The number of methoxy groups -OCH3 is 2. The molecular formula is C20H30FNO4. The molecule has 2 aliphatic rings. The fourth-order valence-electron chi connectivity index (χ4n) is 3.99. The summed E-state index contributed by atoms with van der Waals surface area (Å²) in [5.74, 6) is -2.46. The number of nitrogens with zero attached hydrogens (tertiary/aromatic N) is 1. The Labute approximate surface area is 155 Å². The third-order valence-corrected chi connectivity index (χ3v) is 5.88. The van der Waals surface area contributed by atoms with Crippen LogP contribution in [0.2, 0.25) is 0 Å². The maximum Gasteiger partial charge on any atom is 0.220 e. The average molecular weight is 367 g/mol. The molecule has 2 fully saturated rings. The van der Waals surface area contributed by atoms with Gasteiger partial charge in [0.1, 0.15) is 12.3 Å². The number of piperidine rings is 1. The number of likely N-dealkylation sites (tertiary alicyclic amines) is 1. The van der Waals surface area contributed by atoms with Crippen LogP contribution in [0.5, 0.6) is 0 Å². The van der Waals surface area contributed by atoms with Gasteiger partial charge < -0.3 is 18.9 Å². The van der Waals surface area contributed by atoms with E-state index < -0.39 is 17.7 Å². The zero-order valence-corrected chi connectivity index (χ0v) is 16.3. The summed E-state index contributed by atoms with van der Waals surface area (Å²) in [5.41, 5.74) is 1.20. The molecule has 0 aromatic heterocycles. The third kappa shape index (κ3) is 3.53. The number of ether oxygens (including phenoxy) is 4. The average Bonchev–Trinajstić information content (AvgIpc) is 2.63. The standard InChI is InChI=1S/C20H30FNO4/c1-14(21)16-12-22(11-15-9-7-6-8-10-15)13-17-18(16)26-20(3,24-5)19(2,23-4)25-17/h6-10,14,16-18H,11-13H2,1-5H3/t14-,16-,17+,18+,19-,20-/m0/s1. The van der Waals surface area contributed by atoms with Crippen LogP contribution < -0.4 is 0 Å². The van der Waals surface area contributed by atoms with E-state index in [1.165, 1.54) is 5.56 Å². The highest BCUT2D eigenvalue weighted by Crippen LogP contribution is 2.43. The Morgan fingerprint density at radius 3 is 2.31 bits per heavy atom. The molecule has 0 radical (unpaired) electrons. The van der Waals surface area contributed by atoms with Crippen LogP contribution in [0.15, 0.2) is 30.3 Å². The molecule has 5 nitrogen and oxygen atoms in total.